The zero-order chi connectivity index (χ0) is 21.8. The van der Waals surface area contributed by atoms with E-state index in [0.717, 1.165) is 55.0 Å². The maximum atomic E-state index is 14.8. The van der Waals surface area contributed by atoms with E-state index in [1.165, 1.54) is 17.7 Å². The Kier molecular flexibility index (Phi) is 7.27. The molecule has 4 rings (SSSR count). The third-order valence-electron chi connectivity index (χ3n) is 6.61. The molecule has 4 heteroatoms. The van der Waals surface area contributed by atoms with Gasteiger partial charge in [0.15, 0.2) is 11.6 Å². The van der Waals surface area contributed by atoms with E-state index >= 15 is 0 Å². The van der Waals surface area contributed by atoms with Gasteiger partial charge in [-0.25, -0.2) is 8.78 Å². The van der Waals surface area contributed by atoms with Crippen molar-refractivity contribution in [2.45, 2.75) is 77.0 Å². The number of rotatable bonds is 8. The standard InChI is InChI=1S/C27H32F2OS/c1-3-5-6-7-18-8-14-22(23(28)16-18)19-9-11-20(12-10-19)25-17-21-13-15-24(30-4-2)26(29)27(21)31-25/h8,13-17,19-20H,3-7,9-12H2,1-2H3. The van der Waals surface area contributed by atoms with Crippen molar-refractivity contribution in [1.82, 2.24) is 0 Å². The largest absolute Gasteiger partial charge is 0.491 e. The van der Waals surface area contributed by atoms with Crippen molar-refractivity contribution in [3.05, 3.63) is 64.0 Å². The van der Waals surface area contributed by atoms with Crippen molar-refractivity contribution in [2.24, 2.45) is 0 Å². The Labute approximate surface area is 188 Å². The molecule has 1 aliphatic rings. The Morgan fingerprint density at radius 1 is 0.935 bits per heavy atom. The molecular weight excluding hydrogens is 410 g/mol. The molecule has 1 aliphatic carbocycles. The van der Waals surface area contributed by atoms with Crippen LogP contribution in [0.5, 0.6) is 5.75 Å². The predicted molar refractivity (Wildman–Crippen MR) is 127 cm³/mol. The smallest absolute Gasteiger partial charge is 0.182 e. The van der Waals surface area contributed by atoms with Crippen molar-refractivity contribution >= 4 is 21.4 Å². The second-order valence-electron chi connectivity index (χ2n) is 8.74. The lowest BCUT2D eigenvalue weighted by atomic mass is 9.78. The summed E-state index contributed by atoms with van der Waals surface area (Å²) in [6, 6.07) is 11.7. The molecule has 0 bridgehead atoms. The van der Waals surface area contributed by atoms with E-state index in [1.54, 1.807) is 23.5 Å². The fourth-order valence-electron chi connectivity index (χ4n) is 4.86. The third kappa shape index (κ3) is 4.95. The summed E-state index contributed by atoms with van der Waals surface area (Å²) in [5.41, 5.74) is 1.99. The normalized spacial score (nSPS) is 19.1. The van der Waals surface area contributed by atoms with Gasteiger partial charge in [-0.05, 0) is 98.1 Å². The fourth-order valence-corrected chi connectivity index (χ4v) is 6.12. The Morgan fingerprint density at radius 2 is 1.71 bits per heavy atom. The van der Waals surface area contributed by atoms with Gasteiger partial charge in [0.05, 0.1) is 11.3 Å². The number of thiophene rings is 1. The first kappa shape index (κ1) is 22.3. The lowest BCUT2D eigenvalue weighted by Crippen LogP contribution is -2.12. The van der Waals surface area contributed by atoms with E-state index in [0.29, 0.717) is 23.0 Å². The molecule has 166 valence electrons. The number of unbranched alkanes of at least 4 members (excludes halogenated alkanes) is 2. The Morgan fingerprint density at radius 3 is 2.42 bits per heavy atom. The number of hydrogen-bond acceptors (Lipinski definition) is 2. The summed E-state index contributed by atoms with van der Waals surface area (Å²) in [4.78, 5) is 1.24. The minimum Gasteiger partial charge on any atom is -0.491 e. The fraction of sp³-hybridized carbons (Fsp3) is 0.481. The lowest BCUT2D eigenvalue weighted by molar-refractivity contribution is 0.323. The average molecular weight is 443 g/mol. The zero-order valence-corrected chi connectivity index (χ0v) is 19.4. The third-order valence-corrected chi connectivity index (χ3v) is 7.92. The molecule has 0 unspecified atom stereocenters. The van der Waals surface area contributed by atoms with Crippen molar-refractivity contribution < 1.29 is 13.5 Å². The van der Waals surface area contributed by atoms with Crippen LogP contribution in [0.4, 0.5) is 8.78 Å². The van der Waals surface area contributed by atoms with Gasteiger partial charge in [0.1, 0.15) is 5.82 Å². The maximum absolute atomic E-state index is 14.8. The summed E-state index contributed by atoms with van der Waals surface area (Å²) >= 11 is 1.55. The molecule has 0 atom stereocenters. The second-order valence-corrected chi connectivity index (χ2v) is 9.82. The summed E-state index contributed by atoms with van der Waals surface area (Å²) in [5.74, 6) is 0.771. The van der Waals surface area contributed by atoms with Crippen LogP contribution in [0.15, 0.2) is 36.4 Å². The van der Waals surface area contributed by atoms with Gasteiger partial charge in [-0.15, -0.1) is 11.3 Å². The molecule has 1 nitrogen and oxygen atoms in total. The SMILES string of the molecule is CCCCCc1ccc(C2CCC(c3cc4ccc(OCC)c(F)c4s3)CC2)c(F)c1. The van der Waals surface area contributed by atoms with Gasteiger partial charge in [-0.3, -0.25) is 0 Å². The second kappa shape index (κ2) is 10.1. The molecule has 31 heavy (non-hydrogen) atoms. The van der Waals surface area contributed by atoms with Crippen LogP contribution in [0.2, 0.25) is 0 Å². The molecule has 1 heterocycles. The van der Waals surface area contributed by atoms with Gasteiger partial charge in [-0.2, -0.15) is 0 Å². The van der Waals surface area contributed by atoms with E-state index in [4.69, 9.17) is 4.74 Å². The highest BCUT2D eigenvalue weighted by atomic mass is 32.1. The number of fused-ring (bicyclic) bond motifs is 1. The quantitative estimate of drug-likeness (QED) is 0.317. The van der Waals surface area contributed by atoms with Crippen LogP contribution >= 0.6 is 11.3 Å². The highest BCUT2D eigenvalue weighted by molar-refractivity contribution is 7.19. The molecule has 0 aliphatic heterocycles. The van der Waals surface area contributed by atoms with Gasteiger partial charge in [0.25, 0.3) is 0 Å². The topological polar surface area (TPSA) is 9.23 Å². The molecule has 2 aromatic carbocycles. The Balaban J connectivity index is 1.42. The maximum Gasteiger partial charge on any atom is 0.182 e. The number of benzene rings is 2. The lowest BCUT2D eigenvalue weighted by Gasteiger charge is -2.28. The molecule has 1 aromatic heterocycles. The molecule has 0 N–H and O–H groups in total. The summed E-state index contributed by atoms with van der Waals surface area (Å²) in [5, 5.41) is 0.952. The van der Waals surface area contributed by atoms with E-state index < -0.39 is 0 Å². The van der Waals surface area contributed by atoms with Crippen LogP contribution in [0, 0.1) is 11.6 Å². The van der Waals surface area contributed by atoms with Crippen molar-refractivity contribution in [3.63, 3.8) is 0 Å². The van der Waals surface area contributed by atoms with Crippen LogP contribution in [-0.4, -0.2) is 6.61 Å². The molecular formula is C27H32F2OS. The minimum absolute atomic E-state index is 0.0372. The van der Waals surface area contributed by atoms with Gasteiger partial charge in [0, 0.05) is 4.88 Å². The first-order valence-corrected chi connectivity index (χ1v) is 12.5. The monoisotopic (exact) mass is 442 g/mol. The minimum atomic E-state index is -0.245. The van der Waals surface area contributed by atoms with E-state index in [2.05, 4.69) is 19.1 Å². The molecule has 3 aromatic rings. The number of ether oxygens (including phenoxy) is 1. The highest BCUT2D eigenvalue weighted by Gasteiger charge is 2.27. The van der Waals surface area contributed by atoms with Crippen LogP contribution < -0.4 is 4.74 Å². The zero-order valence-electron chi connectivity index (χ0n) is 18.6. The Bertz CT molecular complexity index is 1020. The molecule has 0 saturated heterocycles. The van der Waals surface area contributed by atoms with Crippen molar-refractivity contribution in [1.29, 1.82) is 0 Å². The Hall–Kier alpha value is -1.94. The van der Waals surface area contributed by atoms with E-state index in [9.17, 15) is 8.78 Å². The van der Waals surface area contributed by atoms with E-state index in [1.807, 2.05) is 19.1 Å². The molecule has 0 radical (unpaired) electrons. The molecule has 1 saturated carbocycles. The molecule has 0 spiro atoms. The summed E-state index contributed by atoms with van der Waals surface area (Å²) in [6.45, 7) is 4.51. The van der Waals surface area contributed by atoms with Gasteiger partial charge < -0.3 is 4.74 Å². The van der Waals surface area contributed by atoms with E-state index in [-0.39, 0.29) is 17.6 Å². The van der Waals surface area contributed by atoms with Crippen LogP contribution in [0.3, 0.4) is 0 Å². The number of halogens is 2. The van der Waals surface area contributed by atoms with Gasteiger partial charge >= 0.3 is 0 Å². The van der Waals surface area contributed by atoms with Crippen LogP contribution in [0.25, 0.3) is 10.1 Å². The highest BCUT2D eigenvalue weighted by Crippen LogP contribution is 2.45. The number of hydrogen-bond donors (Lipinski definition) is 0. The number of aryl methyl sites for hydroxylation is 1. The summed E-state index contributed by atoms with van der Waals surface area (Å²) in [7, 11) is 0. The molecule has 1 fully saturated rings. The predicted octanol–water partition coefficient (Wildman–Crippen LogP) is 8.75. The van der Waals surface area contributed by atoms with Crippen LogP contribution in [0.1, 0.15) is 86.6 Å². The van der Waals surface area contributed by atoms with Gasteiger partial charge in [0.2, 0.25) is 0 Å². The first-order chi connectivity index (χ1) is 15.1. The van der Waals surface area contributed by atoms with Crippen molar-refractivity contribution in [3.8, 4) is 5.75 Å². The summed E-state index contributed by atoms with van der Waals surface area (Å²) in [6.07, 6.45) is 8.49. The first-order valence-electron chi connectivity index (χ1n) is 11.7. The average Bonchev–Trinajstić information content (AvgIpc) is 3.22. The van der Waals surface area contributed by atoms with Crippen molar-refractivity contribution in [2.75, 3.05) is 6.61 Å². The van der Waals surface area contributed by atoms with Gasteiger partial charge in [-0.1, -0.05) is 31.9 Å². The van der Waals surface area contributed by atoms with Crippen LogP contribution in [-0.2, 0) is 6.42 Å². The molecule has 0 amide bonds. The summed E-state index contributed by atoms with van der Waals surface area (Å²) < 4.78 is 35.6.